The number of aliphatic imine (C=N–C) groups is 1. The van der Waals surface area contributed by atoms with E-state index in [2.05, 4.69) is 10.3 Å². The Kier molecular flexibility index (Phi) is 7.32. The van der Waals surface area contributed by atoms with Gasteiger partial charge in [0.05, 0.1) is 25.0 Å². The third kappa shape index (κ3) is 5.74. The Hall–Kier alpha value is -3.29. The van der Waals surface area contributed by atoms with Crippen molar-refractivity contribution in [2.75, 3.05) is 12.4 Å². The number of carbonyl (C=O) groups is 2. The summed E-state index contributed by atoms with van der Waals surface area (Å²) in [6, 6.07) is 23.9. The number of nitrogens with zero attached hydrogens (tertiary/aromatic N) is 2. The number of carbonyl (C=O) groups excluding carboxylic acids is 2. The first-order valence-electron chi connectivity index (χ1n) is 10.3. The maximum atomic E-state index is 13.3. The maximum Gasteiger partial charge on any atom is 0.242 e. The van der Waals surface area contributed by atoms with Crippen molar-refractivity contribution < 1.29 is 14.3 Å². The van der Waals surface area contributed by atoms with Crippen LogP contribution in [0.1, 0.15) is 12.0 Å². The third-order valence-corrected chi connectivity index (χ3v) is 6.43. The van der Waals surface area contributed by atoms with Gasteiger partial charge < -0.3 is 10.1 Å². The van der Waals surface area contributed by atoms with Crippen molar-refractivity contribution in [1.29, 1.82) is 0 Å². The van der Waals surface area contributed by atoms with Crippen LogP contribution in [0, 0.1) is 0 Å². The largest absolute Gasteiger partial charge is 0.495 e. The van der Waals surface area contributed by atoms with Gasteiger partial charge in [0.25, 0.3) is 0 Å². The van der Waals surface area contributed by atoms with Crippen LogP contribution in [0.2, 0.25) is 5.02 Å². The first-order chi connectivity index (χ1) is 16.0. The third-order valence-electron chi connectivity index (χ3n) is 5.01. The van der Waals surface area contributed by atoms with Gasteiger partial charge in [-0.25, -0.2) is 4.99 Å². The molecule has 4 rings (SSSR count). The molecule has 6 nitrogen and oxygen atoms in total. The van der Waals surface area contributed by atoms with E-state index in [0.29, 0.717) is 28.2 Å². The molecule has 0 aromatic heterocycles. The number of benzene rings is 3. The van der Waals surface area contributed by atoms with E-state index in [-0.39, 0.29) is 18.2 Å². The van der Waals surface area contributed by atoms with Crippen molar-refractivity contribution in [3.63, 3.8) is 0 Å². The number of para-hydroxylation sites is 3. The molecule has 0 bridgehead atoms. The number of thioether (sulfide) groups is 1. The van der Waals surface area contributed by atoms with Gasteiger partial charge in [-0.05, 0) is 42.0 Å². The molecule has 1 fully saturated rings. The summed E-state index contributed by atoms with van der Waals surface area (Å²) in [4.78, 5) is 32.3. The van der Waals surface area contributed by atoms with Crippen molar-refractivity contribution in [1.82, 2.24) is 4.90 Å². The number of amidine groups is 1. The highest BCUT2D eigenvalue weighted by Gasteiger charge is 2.39. The molecule has 1 heterocycles. The fourth-order valence-corrected chi connectivity index (χ4v) is 4.66. The van der Waals surface area contributed by atoms with Gasteiger partial charge in [-0.1, -0.05) is 65.8 Å². The molecule has 3 aromatic carbocycles. The second-order valence-electron chi connectivity index (χ2n) is 7.34. The van der Waals surface area contributed by atoms with Crippen LogP contribution >= 0.6 is 23.4 Å². The highest BCUT2D eigenvalue weighted by atomic mass is 35.5. The number of hydrogen-bond donors (Lipinski definition) is 1. The fourth-order valence-electron chi connectivity index (χ4n) is 3.37. The molecule has 33 heavy (non-hydrogen) atoms. The summed E-state index contributed by atoms with van der Waals surface area (Å²) in [6.07, 6.45) is 0.0203. The molecular weight excluding hydrogens is 458 g/mol. The Morgan fingerprint density at radius 1 is 1.06 bits per heavy atom. The Bertz CT molecular complexity index is 1170. The highest BCUT2D eigenvalue weighted by molar-refractivity contribution is 8.15. The van der Waals surface area contributed by atoms with Crippen molar-refractivity contribution in [3.05, 3.63) is 89.4 Å². The molecule has 8 heteroatoms. The Labute approximate surface area is 201 Å². The first-order valence-corrected chi connectivity index (χ1v) is 11.6. The number of amides is 2. The van der Waals surface area contributed by atoms with E-state index in [0.717, 1.165) is 11.3 Å². The topological polar surface area (TPSA) is 71.0 Å². The normalized spacial score (nSPS) is 16.8. The number of rotatable bonds is 7. The van der Waals surface area contributed by atoms with Gasteiger partial charge in [0.2, 0.25) is 11.8 Å². The van der Waals surface area contributed by atoms with Gasteiger partial charge in [-0.3, -0.25) is 14.5 Å². The zero-order chi connectivity index (χ0) is 23.2. The summed E-state index contributed by atoms with van der Waals surface area (Å²) in [5.41, 5.74) is 2.23. The van der Waals surface area contributed by atoms with E-state index in [1.165, 1.54) is 11.8 Å². The number of hydrogen-bond acceptors (Lipinski definition) is 5. The van der Waals surface area contributed by atoms with Gasteiger partial charge in [0.15, 0.2) is 5.17 Å². The SMILES string of the molecule is COc1ccccc1NC(=O)CC1SC(=Nc2ccccc2)N(Cc2ccc(Cl)cc2)C1=O. The number of nitrogens with one attached hydrogen (secondary N) is 1. The minimum atomic E-state index is -0.575. The number of anilines is 1. The summed E-state index contributed by atoms with van der Waals surface area (Å²) < 4.78 is 5.29. The lowest BCUT2D eigenvalue weighted by atomic mass is 10.2. The molecule has 1 N–H and O–H groups in total. The van der Waals surface area contributed by atoms with Gasteiger partial charge in [0.1, 0.15) is 11.0 Å². The molecule has 1 atom stereocenters. The molecule has 3 aromatic rings. The summed E-state index contributed by atoms with van der Waals surface area (Å²) in [7, 11) is 1.54. The molecule has 168 valence electrons. The predicted octanol–water partition coefficient (Wildman–Crippen LogP) is 5.51. The Morgan fingerprint density at radius 3 is 2.48 bits per heavy atom. The van der Waals surface area contributed by atoms with E-state index in [1.54, 1.807) is 36.3 Å². The smallest absolute Gasteiger partial charge is 0.242 e. The summed E-state index contributed by atoms with van der Waals surface area (Å²) in [5.74, 6) is 0.143. The lowest BCUT2D eigenvalue weighted by Crippen LogP contribution is -2.33. The second kappa shape index (κ2) is 10.6. The quantitative estimate of drug-likeness (QED) is 0.485. The Morgan fingerprint density at radius 2 is 1.76 bits per heavy atom. The predicted molar refractivity (Wildman–Crippen MR) is 133 cm³/mol. The van der Waals surface area contributed by atoms with Crippen LogP contribution in [0.3, 0.4) is 0 Å². The average molecular weight is 480 g/mol. The van der Waals surface area contributed by atoms with Gasteiger partial charge in [0, 0.05) is 11.4 Å². The molecule has 1 aliphatic heterocycles. The Balaban J connectivity index is 1.54. The molecule has 1 aliphatic rings. The second-order valence-corrected chi connectivity index (χ2v) is 8.95. The zero-order valence-electron chi connectivity index (χ0n) is 17.9. The van der Waals surface area contributed by atoms with Crippen LogP contribution < -0.4 is 10.1 Å². The van der Waals surface area contributed by atoms with Crippen molar-refractivity contribution in [2.24, 2.45) is 4.99 Å². The molecule has 0 aliphatic carbocycles. The minimum Gasteiger partial charge on any atom is -0.495 e. The zero-order valence-corrected chi connectivity index (χ0v) is 19.5. The van der Waals surface area contributed by atoms with Crippen LogP contribution in [0.15, 0.2) is 83.9 Å². The van der Waals surface area contributed by atoms with Crippen molar-refractivity contribution in [2.45, 2.75) is 18.2 Å². The van der Waals surface area contributed by atoms with E-state index < -0.39 is 5.25 Å². The molecule has 0 radical (unpaired) electrons. The van der Waals surface area contributed by atoms with Gasteiger partial charge in [-0.2, -0.15) is 0 Å². The van der Waals surface area contributed by atoms with Crippen LogP contribution in [0.5, 0.6) is 5.75 Å². The van der Waals surface area contributed by atoms with E-state index in [4.69, 9.17) is 16.3 Å². The molecule has 1 saturated heterocycles. The first kappa shape index (κ1) is 22.9. The van der Waals surface area contributed by atoms with Crippen LogP contribution in [0.4, 0.5) is 11.4 Å². The van der Waals surface area contributed by atoms with Crippen molar-refractivity contribution >= 4 is 51.7 Å². The summed E-state index contributed by atoms with van der Waals surface area (Å²) in [6.45, 7) is 0.347. The van der Waals surface area contributed by atoms with Gasteiger partial charge >= 0.3 is 0 Å². The van der Waals surface area contributed by atoms with Crippen LogP contribution in [0.25, 0.3) is 0 Å². The lowest BCUT2D eigenvalue weighted by molar-refractivity contribution is -0.128. The fraction of sp³-hybridized carbons (Fsp3) is 0.160. The molecule has 0 saturated carbocycles. The van der Waals surface area contributed by atoms with E-state index >= 15 is 0 Å². The monoisotopic (exact) mass is 479 g/mol. The summed E-state index contributed by atoms with van der Waals surface area (Å²) >= 11 is 7.30. The highest BCUT2D eigenvalue weighted by Crippen LogP contribution is 2.33. The molecule has 2 amide bonds. The number of halogens is 1. The van der Waals surface area contributed by atoms with Crippen molar-refractivity contribution in [3.8, 4) is 5.75 Å². The van der Waals surface area contributed by atoms with Gasteiger partial charge in [-0.15, -0.1) is 0 Å². The average Bonchev–Trinajstić information content (AvgIpc) is 3.10. The van der Waals surface area contributed by atoms with Crippen LogP contribution in [-0.4, -0.2) is 34.2 Å². The molecular formula is C25H22ClN3O3S. The number of methoxy groups -OCH3 is 1. The summed E-state index contributed by atoms with van der Waals surface area (Å²) in [5, 5.41) is 3.46. The lowest BCUT2D eigenvalue weighted by Gasteiger charge is -2.17. The molecule has 0 spiro atoms. The number of ether oxygens (including phenoxy) is 1. The molecule has 1 unspecified atom stereocenters. The standard InChI is InChI=1S/C25H22ClN3O3S/c1-32-21-10-6-5-9-20(21)28-23(30)15-22-24(31)29(16-17-11-13-18(26)14-12-17)25(33-22)27-19-7-3-2-4-8-19/h2-14,22H,15-16H2,1H3,(H,28,30). The minimum absolute atomic E-state index is 0.0203. The van der Waals surface area contributed by atoms with E-state index in [9.17, 15) is 9.59 Å². The van der Waals surface area contributed by atoms with E-state index in [1.807, 2.05) is 54.6 Å². The maximum absolute atomic E-state index is 13.3. The van der Waals surface area contributed by atoms with Crippen LogP contribution in [-0.2, 0) is 16.1 Å².